The summed E-state index contributed by atoms with van der Waals surface area (Å²) in [5.74, 6) is 0.240. The lowest BCUT2D eigenvalue weighted by Gasteiger charge is -2.25. The zero-order chi connectivity index (χ0) is 15.5. The van der Waals surface area contributed by atoms with E-state index in [-0.39, 0.29) is 12.4 Å². The highest BCUT2D eigenvalue weighted by Gasteiger charge is 2.58. The van der Waals surface area contributed by atoms with Crippen molar-refractivity contribution in [2.45, 2.75) is 24.5 Å². The molecule has 118 valence electrons. The Balaban J connectivity index is 1.70. The van der Waals surface area contributed by atoms with Crippen molar-refractivity contribution in [2.75, 3.05) is 12.3 Å². The van der Waals surface area contributed by atoms with Gasteiger partial charge in [-0.05, 0) is 0 Å². The van der Waals surface area contributed by atoms with E-state index in [0.29, 0.717) is 11.2 Å². The highest BCUT2D eigenvalue weighted by Crippen LogP contribution is 2.66. The monoisotopic (exact) mass is 346 g/mol. The molecule has 3 unspecified atom stereocenters. The van der Waals surface area contributed by atoms with E-state index in [9.17, 15) is 10.00 Å². The SMILES string of the molecule is Nc1ncnc2c1ncn2[C@@H]1OC2CO[P+](O)(S)O[C@@H]2C1O. The molecule has 0 spiro atoms. The largest absolute Gasteiger partial charge is 0.476 e. The number of nitrogens with two attached hydrogens (primary N) is 1. The van der Waals surface area contributed by atoms with Crippen molar-refractivity contribution in [3.05, 3.63) is 12.7 Å². The van der Waals surface area contributed by atoms with E-state index in [2.05, 4.69) is 27.2 Å². The minimum absolute atomic E-state index is 0.0791. The Morgan fingerprint density at radius 3 is 3.05 bits per heavy atom. The lowest BCUT2D eigenvalue weighted by atomic mass is 10.1. The summed E-state index contributed by atoms with van der Waals surface area (Å²) < 4.78 is 17.7. The molecule has 22 heavy (non-hydrogen) atoms. The van der Waals surface area contributed by atoms with E-state index in [1.54, 1.807) is 4.57 Å². The molecule has 5 atom stereocenters. The number of thiol groups is 1. The summed E-state index contributed by atoms with van der Waals surface area (Å²) in [5, 5.41) is 10.5. The molecule has 0 radical (unpaired) electrons. The fourth-order valence-electron chi connectivity index (χ4n) is 2.63. The van der Waals surface area contributed by atoms with Gasteiger partial charge in [0.2, 0.25) is 0 Å². The van der Waals surface area contributed by atoms with Crippen LogP contribution in [-0.2, 0) is 13.8 Å². The number of ether oxygens (including phenoxy) is 1. The van der Waals surface area contributed by atoms with Gasteiger partial charge in [-0.25, -0.2) is 15.0 Å². The van der Waals surface area contributed by atoms with Crippen molar-refractivity contribution >= 4 is 36.4 Å². The van der Waals surface area contributed by atoms with Crippen LogP contribution in [0.25, 0.3) is 11.2 Å². The molecule has 12 heteroatoms. The Labute approximate surface area is 130 Å². The summed E-state index contributed by atoms with van der Waals surface area (Å²) in [5.41, 5.74) is 6.60. The molecule has 4 heterocycles. The maximum absolute atomic E-state index is 10.5. The maximum Gasteiger partial charge on any atom is 0.476 e. The standard InChI is InChI=1S/C10H13N5O5PS/c11-8-5-9(13-2-12-8)15(3-14-5)10-6(16)7-4(19-10)1-18-21(17,22)20-7/h2-4,6-7,10,16-17,22H,1H2,(H2,11,12,13)/q+1/t4?,6?,7-,10+,21?/m0/s1. The van der Waals surface area contributed by atoms with Crippen LogP contribution in [0.3, 0.4) is 0 Å². The fourth-order valence-corrected chi connectivity index (χ4v) is 4.14. The van der Waals surface area contributed by atoms with Gasteiger partial charge in [0.15, 0.2) is 23.8 Å². The lowest BCUT2D eigenvalue weighted by Crippen LogP contribution is -2.39. The van der Waals surface area contributed by atoms with E-state index in [1.165, 1.54) is 12.7 Å². The number of aromatic nitrogens is 4. The van der Waals surface area contributed by atoms with Crippen molar-refractivity contribution in [1.29, 1.82) is 0 Å². The van der Waals surface area contributed by atoms with E-state index < -0.39 is 31.7 Å². The molecule has 0 amide bonds. The molecule has 2 saturated heterocycles. The van der Waals surface area contributed by atoms with Gasteiger partial charge in [-0.15, -0.1) is 0 Å². The topological polar surface area (TPSA) is 138 Å². The molecular weight excluding hydrogens is 333 g/mol. The number of nitrogens with zero attached hydrogens (tertiary/aromatic N) is 4. The third-order valence-electron chi connectivity index (χ3n) is 3.64. The molecule has 2 aliphatic rings. The van der Waals surface area contributed by atoms with Crippen LogP contribution in [0.1, 0.15) is 6.23 Å². The van der Waals surface area contributed by atoms with Gasteiger partial charge >= 0.3 is 7.15 Å². The fraction of sp³-hybridized carbons (Fsp3) is 0.500. The van der Waals surface area contributed by atoms with E-state index in [1.807, 2.05) is 0 Å². The Hall–Kier alpha value is -1.07. The zero-order valence-electron chi connectivity index (χ0n) is 11.1. The van der Waals surface area contributed by atoms with Crippen LogP contribution in [0, 0.1) is 0 Å². The first kappa shape index (κ1) is 14.5. The van der Waals surface area contributed by atoms with E-state index >= 15 is 0 Å². The quantitative estimate of drug-likeness (QED) is 0.404. The molecular formula is C10H13N5O5PS+. The average Bonchev–Trinajstić information content (AvgIpc) is 3.01. The predicted octanol–water partition coefficient (Wildman–Crippen LogP) is -0.318. The molecule has 4 rings (SSSR count). The normalized spacial score (nSPS) is 38.3. The molecule has 4 N–H and O–H groups in total. The predicted molar refractivity (Wildman–Crippen MR) is 78.6 cm³/mol. The van der Waals surface area contributed by atoms with Gasteiger partial charge in [-0.1, -0.05) is 0 Å². The van der Waals surface area contributed by atoms with Crippen molar-refractivity contribution in [3.63, 3.8) is 0 Å². The third-order valence-corrected chi connectivity index (χ3v) is 5.27. The first-order valence-electron chi connectivity index (χ1n) is 6.40. The van der Waals surface area contributed by atoms with Gasteiger partial charge in [0.1, 0.15) is 30.7 Å². The number of hydrogen-bond donors (Lipinski definition) is 4. The number of hydrogen-bond acceptors (Lipinski definition) is 10. The second-order valence-corrected chi connectivity index (χ2v) is 7.96. The summed E-state index contributed by atoms with van der Waals surface area (Å²) in [6.07, 6.45) is -0.327. The van der Waals surface area contributed by atoms with Crippen LogP contribution >= 0.6 is 19.4 Å². The molecule has 2 aliphatic heterocycles. The molecule has 0 saturated carbocycles. The Bertz CT molecular complexity index is 729. The summed E-state index contributed by atoms with van der Waals surface area (Å²) in [6, 6.07) is 0. The molecule has 2 fully saturated rings. The number of fused-ring (bicyclic) bond motifs is 2. The molecule has 0 aliphatic carbocycles. The van der Waals surface area contributed by atoms with Crippen LogP contribution < -0.4 is 5.73 Å². The van der Waals surface area contributed by atoms with Crippen LogP contribution in [0.2, 0.25) is 0 Å². The van der Waals surface area contributed by atoms with E-state index in [4.69, 9.17) is 19.5 Å². The lowest BCUT2D eigenvalue weighted by molar-refractivity contribution is -0.0599. The summed E-state index contributed by atoms with van der Waals surface area (Å²) in [7, 11) is -3.22. The van der Waals surface area contributed by atoms with Crippen LogP contribution in [0.5, 0.6) is 0 Å². The second-order valence-electron chi connectivity index (χ2n) is 5.00. The summed E-state index contributed by atoms with van der Waals surface area (Å²) >= 11 is 3.92. The van der Waals surface area contributed by atoms with Gasteiger partial charge in [0.05, 0.1) is 18.6 Å². The van der Waals surface area contributed by atoms with Crippen molar-refractivity contribution in [1.82, 2.24) is 19.5 Å². The molecule has 0 bridgehead atoms. The average molecular weight is 346 g/mol. The van der Waals surface area contributed by atoms with Crippen LogP contribution in [0.4, 0.5) is 5.82 Å². The van der Waals surface area contributed by atoms with Crippen molar-refractivity contribution < 1.29 is 23.8 Å². The molecule has 2 aromatic heterocycles. The zero-order valence-corrected chi connectivity index (χ0v) is 12.8. The Morgan fingerprint density at radius 1 is 1.41 bits per heavy atom. The van der Waals surface area contributed by atoms with Crippen molar-refractivity contribution in [2.24, 2.45) is 0 Å². The molecule has 2 aromatic rings. The minimum Gasteiger partial charge on any atom is -0.385 e. The van der Waals surface area contributed by atoms with Gasteiger partial charge in [0.25, 0.3) is 0 Å². The highest BCUT2D eigenvalue weighted by molar-refractivity contribution is 8.47. The Kier molecular flexibility index (Phi) is 3.28. The van der Waals surface area contributed by atoms with Crippen LogP contribution in [-0.4, -0.2) is 54.4 Å². The smallest absolute Gasteiger partial charge is 0.385 e. The van der Waals surface area contributed by atoms with E-state index in [0.717, 1.165) is 0 Å². The van der Waals surface area contributed by atoms with Crippen LogP contribution in [0.15, 0.2) is 12.7 Å². The molecule has 0 aromatic carbocycles. The first-order valence-corrected chi connectivity index (χ1v) is 9.13. The second kappa shape index (κ2) is 4.96. The minimum atomic E-state index is -3.22. The highest BCUT2D eigenvalue weighted by atomic mass is 32.7. The Morgan fingerprint density at radius 2 is 2.23 bits per heavy atom. The summed E-state index contributed by atoms with van der Waals surface area (Å²) in [4.78, 5) is 21.9. The number of nitrogen functional groups attached to an aromatic ring is 1. The number of aliphatic hydroxyl groups is 1. The third kappa shape index (κ3) is 2.17. The summed E-state index contributed by atoms with van der Waals surface area (Å²) in [6.45, 7) is 0.0791. The van der Waals surface area contributed by atoms with Gasteiger partial charge < -0.3 is 15.6 Å². The first-order chi connectivity index (χ1) is 10.5. The number of aliphatic hydroxyl groups excluding tert-OH is 1. The number of imidazole rings is 1. The van der Waals surface area contributed by atoms with Gasteiger partial charge in [0, 0.05) is 0 Å². The van der Waals surface area contributed by atoms with Crippen molar-refractivity contribution in [3.8, 4) is 0 Å². The number of anilines is 1. The number of rotatable bonds is 1. The molecule has 10 nitrogen and oxygen atoms in total. The maximum atomic E-state index is 10.5. The van der Waals surface area contributed by atoms with Gasteiger partial charge in [-0.2, -0.15) is 13.9 Å². The van der Waals surface area contributed by atoms with Gasteiger partial charge in [-0.3, -0.25) is 4.57 Å².